The van der Waals surface area contributed by atoms with Gasteiger partial charge in [0.25, 0.3) is 15.7 Å². The molecular weight excluding hydrogens is 533 g/mol. The van der Waals surface area contributed by atoms with Gasteiger partial charge in [-0.25, -0.2) is 8.42 Å². The summed E-state index contributed by atoms with van der Waals surface area (Å²) in [7, 11) is -4.40. The number of nitro groups is 1. The third-order valence-electron chi connectivity index (χ3n) is 4.78. The molecule has 3 aromatic rings. The van der Waals surface area contributed by atoms with Gasteiger partial charge in [0.2, 0.25) is 5.91 Å². The summed E-state index contributed by atoms with van der Waals surface area (Å²) in [6.07, 6.45) is 0. The molecule has 8 nitrogen and oxygen atoms in total. The summed E-state index contributed by atoms with van der Waals surface area (Å²) in [6, 6.07) is 18.4. The largest absolute Gasteiger partial charge is 0.354 e. The first-order chi connectivity index (χ1) is 16.7. The van der Waals surface area contributed by atoms with E-state index in [4.69, 9.17) is 23.2 Å². The molecule has 0 aliphatic rings. The summed E-state index contributed by atoms with van der Waals surface area (Å²) in [4.78, 5) is 22.8. The summed E-state index contributed by atoms with van der Waals surface area (Å²) in [5, 5.41) is 15.1. The number of amides is 1. The third kappa shape index (κ3) is 7.11. The van der Waals surface area contributed by atoms with Crippen LogP contribution < -0.4 is 9.62 Å². The predicted molar refractivity (Wildman–Crippen MR) is 140 cm³/mol. The first-order valence-electron chi connectivity index (χ1n) is 10.3. The second kappa shape index (κ2) is 12.3. The molecule has 184 valence electrons. The molecule has 3 rings (SSSR count). The van der Waals surface area contributed by atoms with E-state index < -0.39 is 38.0 Å². The molecule has 3 aromatic carbocycles. The molecule has 0 aliphatic carbocycles. The van der Waals surface area contributed by atoms with E-state index in [0.717, 1.165) is 22.0 Å². The topological polar surface area (TPSA) is 110 Å². The number of rotatable bonds is 11. The number of hydrogen-bond acceptors (Lipinski definition) is 6. The van der Waals surface area contributed by atoms with Crippen LogP contribution in [-0.4, -0.2) is 38.1 Å². The lowest BCUT2D eigenvalue weighted by Crippen LogP contribution is -2.41. The maximum Gasteiger partial charge on any atom is 0.289 e. The van der Waals surface area contributed by atoms with E-state index in [0.29, 0.717) is 28.1 Å². The summed E-state index contributed by atoms with van der Waals surface area (Å²) in [5.74, 6) is 0.703. The van der Waals surface area contributed by atoms with Crippen LogP contribution in [0, 0.1) is 10.1 Å². The van der Waals surface area contributed by atoms with E-state index in [1.165, 1.54) is 24.3 Å². The van der Waals surface area contributed by atoms with Gasteiger partial charge in [-0.05, 0) is 35.9 Å². The van der Waals surface area contributed by atoms with Crippen molar-refractivity contribution >= 4 is 62.3 Å². The zero-order valence-corrected chi connectivity index (χ0v) is 21.4. The van der Waals surface area contributed by atoms with Crippen molar-refractivity contribution in [2.75, 3.05) is 23.1 Å². The van der Waals surface area contributed by atoms with E-state index in [-0.39, 0.29) is 5.69 Å². The molecule has 0 aromatic heterocycles. The monoisotopic (exact) mass is 553 g/mol. The number of nitrogens with zero attached hydrogens (tertiary/aromatic N) is 2. The first-order valence-corrected chi connectivity index (χ1v) is 13.6. The van der Waals surface area contributed by atoms with Gasteiger partial charge >= 0.3 is 0 Å². The second-order valence-electron chi connectivity index (χ2n) is 7.22. The molecule has 0 spiro atoms. The fraction of sp³-hybridized carbons (Fsp3) is 0.174. The molecule has 0 radical (unpaired) electrons. The molecule has 35 heavy (non-hydrogen) atoms. The minimum atomic E-state index is -4.40. The molecule has 1 amide bonds. The van der Waals surface area contributed by atoms with E-state index in [1.807, 2.05) is 6.07 Å². The Kier molecular flexibility index (Phi) is 9.39. The van der Waals surface area contributed by atoms with E-state index in [9.17, 15) is 23.3 Å². The van der Waals surface area contributed by atoms with Crippen LogP contribution in [0.2, 0.25) is 10.0 Å². The van der Waals surface area contributed by atoms with Gasteiger partial charge in [0.05, 0.1) is 20.7 Å². The minimum Gasteiger partial charge on any atom is -0.354 e. The highest BCUT2D eigenvalue weighted by Gasteiger charge is 2.32. The van der Waals surface area contributed by atoms with Crippen LogP contribution >= 0.6 is 35.0 Å². The van der Waals surface area contributed by atoms with Crippen molar-refractivity contribution in [2.24, 2.45) is 0 Å². The van der Waals surface area contributed by atoms with Crippen LogP contribution in [0.1, 0.15) is 5.56 Å². The fourth-order valence-electron chi connectivity index (χ4n) is 3.12. The number of thioether (sulfide) groups is 1. The van der Waals surface area contributed by atoms with Gasteiger partial charge < -0.3 is 5.32 Å². The fourth-order valence-corrected chi connectivity index (χ4v) is 5.83. The number of nitrogens with one attached hydrogen (secondary N) is 1. The van der Waals surface area contributed by atoms with Crippen LogP contribution in [0.15, 0.2) is 77.7 Å². The summed E-state index contributed by atoms with van der Waals surface area (Å²) in [5.41, 5.74) is 0.642. The van der Waals surface area contributed by atoms with Crippen molar-refractivity contribution in [1.29, 1.82) is 0 Å². The number of halogens is 2. The maximum atomic E-state index is 13.4. The quantitative estimate of drug-likeness (QED) is 0.200. The number of carbonyl (C=O) groups is 1. The lowest BCUT2D eigenvalue weighted by atomic mass is 10.2. The van der Waals surface area contributed by atoms with E-state index >= 15 is 0 Å². The molecule has 1 N–H and O–H groups in total. The van der Waals surface area contributed by atoms with Crippen molar-refractivity contribution in [2.45, 2.75) is 10.6 Å². The number of para-hydroxylation sites is 2. The predicted octanol–water partition coefficient (Wildman–Crippen LogP) is 5.15. The molecule has 0 saturated carbocycles. The van der Waals surface area contributed by atoms with Crippen molar-refractivity contribution in [1.82, 2.24) is 5.32 Å². The lowest BCUT2D eigenvalue weighted by Gasteiger charge is -2.24. The molecule has 0 heterocycles. The van der Waals surface area contributed by atoms with Gasteiger partial charge in [-0.15, -0.1) is 0 Å². The zero-order chi connectivity index (χ0) is 25.4. The van der Waals surface area contributed by atoms with Crippen LogP contribution in [0.25, 0.3) is 0 Å². The highest BCUT2D eigenvalue weighted by atomic mass is 35.5. The summed E-state index contributed by atoms with van der Waals surface area (Å²) >= 11 is 13.5. The Morgan fingerprint density at radius 2 is 1.69 bits per heavy atom. The third-order valence-corrected chi connectivity index (χ3v) is 8.37. The summed E-state index contributed by atoms with van der Waals surface area (Å²) < 4.78 is 27.7. The van der Waals surface area contributed by atoms with E-state index in [2.05, 4.69) is 5.32 Å². The Balaban J connectivity index is 1.67. The van der Waals surface area contributed by atoms with Gasteiger partial charge in [-0.2, -0.15) is 11.8 Å². The van der Waals surface area contributed by atoms with Gasteiger partial charge in [0, 0.05) is 24.1 Å². The Hall–Kier alpha value is -2.79. The highest BCUT2D eigenvalue weighted by Crippen LogP contribution is 2.29. The Labute approximate surface area is 217 Å². The van der Waals surface area contributed by atoms with Crippen molar-refractivity contribution in [3.8, 4) is 0 Å². The van der Waals surface area contributed by atoms with Gasteiger partial charge in [0.15, 0.2) is 4.90 Å². The number of anilines is 1. The molecule has 0 bridgehead atoms. The Bertz CT molecular complexity index is 1310. The molecule has 0 saturated heterocycles. The molecular formula is C23H21Cl2N3O5S2. The number of sulfonamides is 1. The van der Waals surface area contributed by atoms with Crippen LogP contribution in [0.5, 0.6) is 0 Å². The molecule has 0 aliphatic heterocycles. The lowest BCUT2D eigenvalue weighted by molar-refractivity contribution is -0.387. The van der Waals surface area contributed by atoms with Crippen molar-refractivity contribution < 1.29 is 18.1 Å². The Morgan fingerprint density at radius 3 is 2.37 bits per heavy atom. The zero-order valence-electron chi connectivity index (χ0n) is 18.3. The van der Waals surface area contributed by atoms with Crippen LogP contribution in [0.3, 0.4) is 0 Å². The van der Waals surface area contributed by atoms with E-state index in [1.54, 1.807) is 42.1 Å². The second-order valence-corrected chi connectivity index (χ2v) is 11.0. The SMILES string of the molecule is O=C(CN(c1ccccc1)S(=O)(=O)c1ccccc1[N+](=O)[O-])NCCSCc1ccc(Cl)c(Cl)c1. The van der Waals surface area contributed by atoms with Crippen molar-refractivity contribution in [3.63, 3.8) is 0 Å². The summed E-state index contributed by atoms with van der Waals surface area (Å²) in [6.45, 7) is -0.227. The average molecular weight is 554 g/mol. The van der Waals surface area contributed by atoms with Gasteiger partial charge in [0.1, 0.15) is 6.54 Å². The Morgan fingerprint density at radius 1 is 1.00 bits per heavy atom. The van der Waals surface area contributed by atoms with Crippen LogP contribution in [-0.2, 0) is 20.6 Å². The normalized spacial score (nSPS) is 11.1. The smallest absolute Gasteiger partial charge is 0.289 e. The molecule has 0 fully saturated rings. The van der Waals surface area contributed by atoms with Gasteiger partial charge in [-0.3, -0.25) is 19.2 Å². The first kappa shape index (κ1) is 26.8. The van der Waals surface area contributed by atoms with Gasteiger partial charge in [-0.1, -0.05) is 59.6 Å². The average Bonchev–Trinajstić information content (AvgIpc) is 2.85. The molecule has 0 atom stereocenters. The minimum absolute atomic E-state index is 0.217. The number of benzene rings is 3. The highest BCUT2D eigenvalue weighted by molar-refractivity contribution is 7.98. The number of nitro benzene ring substituents is 1. The number of carbonyl (C=O) groups excluding carboxylic acids is 1. The standard InChI is InChI=1S/C23H21Cl2N3O5S2/c24-19-11-10-17(14-20(19)25)16-34-13-12-26-23(29)15-27(18-6-2-1-3-7-18)35(32,33)22-9-5-4-8-21(22)28(30)31/h1-11,14H,12-13,15-16H2,(H,26,29). The molecule has 0 unspecified atom stereocenters. The van der Waals surface area contributed by atoms with Crippen LogP contribution in [0.4, 0.5) is 11.4 Å². The number of hydrogen-bond donors (Lipinski definition) is 1. The van der Waals surface area contributed by atoms with Crippen molar-refractivity contribution in [3.05, 3.63) is 98.5 Å². The molecule has 12 heteroatoms. The maximum absolute atomic E-state index is 13.4.